The summed E-state index contributed by atoms with van der Waals surface area (Å²) in [5.74, 6) is 0.935. The van der Waals surface area contributed by atoms with Crippen LogP contribution in [0.4, 0.5) is 0 Å². The van der Waals surface area contributed by atoms with Crippen LogP contribution in [0.15, 0.2) is 60.7 Å². The van der Waals surface area contributed by atoms with Crippen LogP contribution in [0.25, 0.3) is 0 Å². The molecule has 1 aliphatic carbocycles. The molecule has 0 radical (unpaired) electrons. The lowest BCUT2D eigenvalue weighted by Gasteiger charge is -2.57. The SMILES string of the molecule is CC1(C)C(N)C(c2ccccc2)C1c1ccccc1. The first-order valence-electron chi connectivity index (χ1n) is 6.98. The number of hydrogen-bond acceptors (Lipinski definition) is 1. The highest BCUT2D eigenvalue weighted by atomic mass is 14.8. The van der Waals surface area contributed by atoms with Crippen LogP contribution in [-0.4, -0.2) is 6.04 Å². The highest BCUT2D eigenvalue weighted by molar-refractivity contribution is 5.38. The Morgan fingerprint density at radius 3 is 1.79 bits per heavy atom. The Kier molecular flexibility index (Phi) is 2.94. The van der Waals surface area contributed by atoms with E-state index in [9.17, 15) is 0 Å². The summed E-state index contributed by atoms with van der Waals surface area (Å²) < 4.78 is 0. The Bertz CT molecular complexity index is 544. The molecule has 1 fully saturated rings. The molecular weight excluding hydrogens is 230 g/mol. The number of hydrogen-bond donors (Lipinski definition) is 1. The molecule has 0 heterocycles. The van der Waals surface area contributed by atoms with Crippen LogP contribution < -0.4 is 5.73 Å². The van der Waals surface area contributed by atoms with Crippen molar-refractivity contribution in [2.24, 2.45) is 11.1 Å². The molecule has 1 saturated carbocycles. The summed E-state index contributed by atoms with van der Waals surface area (Å²) in [5, 5.41) is 0. The van der Waals surface area contributed by atoms with Crippen molar-refractivity contribution in [3.05, 3.63) is 71.8 Å². The van der Waals surface area contributed by atoms with Crippen LogP contribution in [0.3, 0.4) is 0 Å². The second-order valence-electron chi connectivity index (χ2n) is 6.17. The average Bonchev–Trinajstić information content (AvgIpc) is 2.45. The minimum Gasteiger partial charge on any atom is -0.327 e. The third-order valence-electron chi connectivity index (χ3n) is 4.75. The molecular formula is C18H21N. The van der Waals surface area contributed by atoms with Gasteiger partial charge in [0.1, 0.15) is 0 Å². The number of nitrogens with two attached hydrogens (primary N) is 1. The Morgan fingerprint density at radius 2 is 1.26 bits per heavy atom. The van der Waals surface area contributed by atoms with Gasteiger partial charge in [-0.15, -0.1) is 0 Å². The molecule has 1 heteroatoms. The molecule has 2 N–H and O–H groups in total. The third-order valence-corrected chi connectivity index (χ3v) is 4.75. The summed E-state index contributed by atoms with van der Waals surface area (Å²) in [6.45, 7) is 4.57. The van der Waals surface area contributed by atoms with Gasteiger partial charge in [0.15, 0.2) is 0 Å². The van der Waals surface area contributed by atoms with E-state index in [2.05, 4.69) is 74.5 Å². The molecule has 0 aliphatic heterocycles. The van der Waals surface area contributed by atoms with Gasteiger partial charge < -0.3 is 5.73 Å². The lowest BCUT2D eigenvalue weighted by atomic mass is 9.48. The fraction of sp³-hybridized carbons (Fsp3) is 0.333. The first kappa shape index (κ1) is 12.4. The first-order valence-corrected chi connectivity index (χ1v) is 6.98. The van der Waals surface area contributed by atoms with E-state index >= 15 is 0 Å². The van der Waals surface area contributed by atoms with E-state index in [0.717, 1.165) is 0 Å². The minimum atomic E-state index is 0.155. The van der Waals surface area contributed by atoms with Crippen LogP contribution >= 0.6 is 0 Å². The predicted octanol–water partition coefficient (Wildman–Crippen LogP) is 3.92. The van der Waals surface area contributed by atoms with E-state index in [4.69, 9.17) is 5.73 Å². The van der Waals surface area contributed by atoms with Crippen LogP contribution in [0.1, 0.15) is 36.8 Å². The lowest BCUT2D eigenvalue weighted by Crippen LogP contribution is -2.59. The van der Waals surface area contributed by atoms with Crippen molar-refractivity contribution in [1.29, 1.82) is 0 Å². The van der Waals surface area contributed by atoms with Crippen molar-refractivity contribution in [2.75, 3.05) is 0 Å². The third kappa shape index (κ3) is 1.89. The average molecular weight is 251 g/mol. The fourth-order valence-corrected chi connectivity index (χ4v) is 3.59. The zero-order valence-electron chi connectivity index (χ0n) is 11.6. The van der Waals surface area contributed by atoms with E-state index < -0.39 is 0 Å². The summed E-state index contributed by atoms with van der Waals surface area (Å²) in [6.07, 6.45) is 0. The van der Waals surface area contributed by atoms with Crippen LogP contribution in [0.5, 0.6) is 0 Å². The van der Waals surface area contributed by atoms with Crippen molar-refractivity contribution < 1.29 is 0 Å². The highest BCUT2D eigenvalue weighted by Gasteiger charge is 2.55. The molecule has 2 aromatic rings. The Morgan fingerprint density at radius 1 is 0.789 bits per heavy atom. The fourth-order valence-electron chi connectivity index (χ4n) is 3.59. The van der Waals surface area contributed by atoms with Crippen molar-refractivity contribution in [1.82, 2.24) is 0 Å². The first-order chi connectivity index (χ1) is 9.12. The summed E-state index contributed by atoms with van der Waals surface area (Å²) in [7, 11) is 0. The minimum absolute atomic E-state index is 0.155. The molecule has 0 aromatic heterocycles. The Hall–Kier alpha value is -1.60. The van der Waals surface area contributed by atoms with Gasteiger partial charge in [-0.25, -0.2) is 0 Å². The molecule has 3 atom stereocenters. The van der Waals surface area contributed by atoms with E-state index in [1.54, 1.807) is 0 Å². The molecule has 19 heavy (non-hydrogen) atoms. The molecule has 2 aromatic carbocycles. The number of rotatable bonds is 2. The second kappa shape index (κ2) is 4.50. The Balaban J connectivity index is 2.01. The summed E-state index contributed by atoms with van der Waals surface area (Å²) in [4.78, 5) is 0. The second-order valence-corrected chi connectivity index (χ2v) is 6.17. The van der Waals surface area contributed by atoms with Crippen molar-refractivity contribution >= 4 is 0 Å². The van der Waals surface area contributed by atoms with Gasteiger partial charge in [0.05, 0.1) is 0 Å². The molecule has 98 valence electrons. The van der Waals surface area contributed by atoms with Gasteiger partial charge in [-0.3, -0.25) is 0 Å². The quantitative estimate of drug-likeness (QED) is 0.860. The van der Waals surface area contributed by atoms with Gasteiger partial charge in [-0.1, -0.05) is 74.5 Å². The summed E-state index contributed by atoms with van der Waals surface area (Å²) in [5.41, 5.74) is 9.38. The zero-order valence-corrected chi connectivity index (χ0v) is 11.6. The monoisotopic (exact) mass is 251 g/mol. The van der Waals surface area contributed by atoms with Gasteiger partial charge in [-0.05, 0) is 22.5 Å². The molecule has 0 saturated heterocycles. The smallest absolute Gasteiger partial charge is 0.0172 e. The lowest BCUT2D eigenvalue weighted by molar-refractivity contribution is 0.0628. The van der Waals surface area contributed by atoms with Crippen LogP contribution in [0, 0.1) is 5.41 Å². The highest BCUT2D eigenvalue weighted by Crippen LogP contribution is 2.59. The number of benzene rings is 2. The van der Waals surface area contributed by atoms with Gasteiger partial charge >= 0.3 is 0 Å². The van der Waals surface area contributed by atoms with Gasteiger partial charge in [-0.2, -0.15) is 0 Å². The molecule has 3 unspecified atom stereocenters. The van der Waals surface area contributed by atoms with E-state index in [0.29, 0.717) is 11.8 Å². The topological polar surface area (TPSA) is 26.0 Å². The molecule has 3 rings (SSSR count). The summed E-state index contributed by atoms with van der Waals surface area (Å²) >= 11 is 0. The van der Waals surface area contributed by atoms with Gasteiger partial charge in [0, 0.05) is 12.0 Å². The maximum atomic E-state index is 6.46. The van der Waals surface area contributed by atoms with Crippen LogP contribution in [-0.2, 0) is 0 Å². The van der Waals surface area contributed by atoms with Crippen molar-refractivity contribution in [3.63, 3.8) is 0 Å². The van der Waals surface area contributed by atoms with Crippen molar-refractivity contribution in [2.45, 2.75) is 31.7 Å². The normalized spacial score (nSPS) is 28.7. The summed E-state index contributed by atoms with van der Waals surface area (Å²) in [6, 6.07) is 21.7. The van der Waals surface area contributed by atoms with E-state index in [1.165, 1.54) is 11.1 Å². The van der Waals surface area contributed by atoms with Crippen LogP contribution in [0.2, 0.25) is 0 Å². The zero-order chi connectivity index (χ0) is 13.5. The van der Waals surface area contributed by atoms with Gasteiger partial charge in [0.2, 0.25) is 0 Å². The molecule has 0 bridgehead atoms. The molecule has 0 amide bonds. The maximum absolute atomic E-state index is 6.46. The Labute approximate surface area is 115 Å². The van der Waals surface area contributed by atoms with E-state index in [-0.39, 0.29) is 11.5 Å². The maximum Gasteiger partial charge on any atom is 0.0172 e. The molecule has 1 nitrogen and oxygen atoms in total. The van der Waals surface area contributed by atoms with Crippen molar-refractivity contribution in [3.8, 4) is 0 Å². The van der Waals surface area contributed by atoms with E-state index in [1.807, 2.05) is 0 Å². The predicted molar refractivity (Wildman–Crippen MR) is 80.1 cm³/mol. The standard InChI is InChI=1S/C18H21N/c1-18(2)16(14-11-7-4-8-12-14)15(17(18)19)13-9-5-3-6-10-13/h3-12,15-17H,19H2,1-2H3. The molecule has 0 spiro atoms. The largest absolute Gasteiger partial charge is 0.327 e. The van der Waals surface area contributed by atoms with Gasteiger partial charge in [0.25, 0.3) is 0 Å². The molecule has 1 aliphatic rings.